The molecule has 0 radical (unpaired) electrons. The number of hydrogen-bond donors (Lipinski definition) is 1. The summed E-state index contributed by atoms with van der Waals surface area (Å²) in [5.74, 6) is 0.893. The van der Waals surface area contributed by atoms with Crippen molar-refractivity contribution in [3.8, 4) is 11.3 Å². The van der Waals surface area contributed by atoms with E-state index >= 15 is 0 Å². The predicted octanol–water partition coefficient (Wildman–Crippen LogP) is 6.54. The Morgan fingerprint density at radius 2 is 1.79 bits per heavy atom. The van der Waals surface area contributed by atoms with Crippen LogP contribution in [-0.2, 0) is 6.42 Å². The monoisotopic (exact) mass is 397 g/mol. The molecule has 1 aliphatic carbocycles. The fourth-order valence-electron chi connectivity index (χ4n) is 4.04. The maximum Gasteiger partial charge on any atom is 0.227 e. The maximum absolute atomic E-state index is 6.10. The number of benzene rings is 3. The van der Waals surface area contributed by atoms with Crippen LogP contribution in [0.25, 0.3) is 11.3 Å². The molecule has 1 aliphatic rings. The fraction of sp³-hybridized carbons (Fsp3) is 0.120. The first-order chi connectivity index (χ1) is 14.2. The molecule has 4 aromatic rings. The average molecular weight is 398 g/mol. The number of aromatic nitrogens is 2. The average Bonchev–Trinajstić information content (AvgIpc) is 2.74. The summed E-state index contributed by atoms with van der Waals surface area (Å²) in [5.41, 5.74) is 8.09. The minimum absolute atomic E-state index is 0.273. The van der Waals surface area contributed by atoms with E-state index in [0.29, 0.717) is 5.95 Å². The van der Waals surface area contributed by atoms with Gasteiger partial charge >= 0.3 is 0 Å². The van der Waals surface area contributed by atoms with Gasteiger partial charge in [0.05, 0.1) is 5.69 Å². The highest BCUT2D eigenvalue weighted by atomic mass is 35.5. The lowest BCUT2D eigenvalue weighted by Gasteiger charge is -2.27. The minimum atomic E-state index is 0.273. The molecule has 0 saturated carbocycles. The van der Waals surface area contributed by atoms with Gasteiger partial charge in [-0.3, -0.25) is 0 Å². The molecule has 0 amide bonds. The van der Waals surface area contributed by atoms with Gasteiger partial charge in [-0.25, -0.2) is 9.97 Å². The van der Waals surface area contributed by atoms with E-state index in [9.17, 15) is 0 Å². The fourth-order valence-corrected chi connectivity index (χ4v) is 4.17. The van der Waals surface area contributed by atoms with Crippen molar-refractivity contribution in [2.75, 3.05) is 5.32 Å². The smallest absolute Gasteiger partial charge is 0.227 e. The van der Waals surface area contributed by atoms with Crippen LogP contribution in [0, 0.1) is 6.92 Å². The number of anilines is 2. The second kappa shape index (κ2) is 7.34. The zero-order chi connectivity index (χ0) is 19.8. The zero-order valence-electron chi connectivity index (χ0n) is 16.1. The molecule has 1 unspecified atom stereocenters. The Bertz CT molecular complexity index is 1180. The molecule has 3 aromatic carbocycles. The molecule has 1 atom stereocenters. The van der Waals surface area contributed by atoms with E-state index in [2.05, 4.69) is 65.8 Å². The van der Waals surface area contributed by atoms with Crippen molar-refractivity contribution in [3.63, 3.8) is 0 Å². The molecular formula is C25H20ClN3. The molecule has 1 aromatic heterocycles. The first kappa shape index (κ1) is 17.9. The van der Waals surface area contributed by atoms with Gasteiger partial charge in [0, 0.05) is 28.4 Å². The van der Waals surface area contributed by atoms with Crippen LogP contribution in [0.15, 0.2) is 79.0 Å². The van der Waals surface area contributed by atoms with Crippen molar-refractivity contribution in [1.29, 1.82) is 0 Å². The second-order valence-corrected chi connectivity index (χ2v) is 7.89. The molecular weight excluding hydrogens is 378 g/mol. The van der Waals surface area contributed by atoms with Crippen molar-refractivity contribution in [2.45, 2.75) is 19.3 Å². The molecule has 0 fully saturated rings. The van der Waals surface area contributed by atoms with Gasteiger partial charge in [-0.2, -0.15) is 0 Å². The molecule has 3 nitrogen and oxygen atoms in total. The van der Waals surface area contributed by atoms with E-state index in [-0.39, 0.29) is 5.92 Å². The minimum Gasteiger partial charge on any atom is -0.324 e. The Kier molecular flexibility index (Phi) is 4.53. The quantitative estimate of drug-likeness (QED) is 0.426. The Morgan fingerprint density at radius 1 is 0.966 bits per heavy atom. The van der Waals surface area contributed by atoms with Crippen LogP contribution in [0.3, 0.4) is 0 Å². The van der Waals surface area contributed by atoms with Gasteiger partial charge in [-0.15, -0.1) is 0 Å². The van der Waals surface area contributed by atoms with Crippen LogP contribution < -0.4 is 5.32 Å². The number of hydrogen-bond acceptors (Lipinski definition) is 3. The van der Waals surface area contributed by atoms with Gasteiger partial charge in [-0.05, 0) is 59.9 Å². The Hall–Kier alpha value is -3.17. The van der Waals surface area contributed by atoms with Crippen molar-refractivity contribution >= 4 is 23.2 Å². The molecule has 0 saturated heterocycles. The third kappa shape index (κ3) is 3.50. The van der Waals surface area contributed by atoms with Crippen LogP contribution in [0.5, 0.6) is 0 Å². The van der Waals surface area contributed by atoms with Crippen molar-refractivity contribution in [2.24, 2.45) is 0 Å². The number of rotatable bonds is 3. The second-order valence-electron chi connectivity index (χ2n) is 7.46. The van der Waals surface area contributed by atoms with Gasteiger partial charge in [0.15, 0.2) is 0 Å². The first-order valence-corrected chi connectivity index (χ1v) is 10.1. The van der Waals surface area contributed by atoms with Crippen LogP contribution in [0.1, 0.15) is 28.2 Å². The molecule has 1 N–H and O–H groups in total. The summed E-state index contributed by atoms with van der Waals surface area (Å²) >= 11 is 6.10. The molecule has 29 heavy (non-hydrogen) atoms. The normalized spacial score (nSPS) is 14.8. The number of fused-ring (bicyclic) bond motifs is 3. The Morgan fingerprint density at radius 3 is 2.62 bits per heavy atom. The molecule has 0 spiro atoms. The van der Waals surface area contributed by atoms with Crippen LogP contribution >= 0.6 is 11.6 Å². The van der Waals surface area contributed by atoms with Crippen molar-refractivity contribution < 1.29 is 0 Å². The van der Waals surface area contributed by atoms with Crippen LogP contribution in [0.2, 0.25) is 5.02 Å². The summed E-state index contributed by atoms with van der Waals surface area (Å²) in [4.78, 5) is 9.47. The number of halogens is 1. The summed E-state index contributed by atoms with van der Waals surface area (Å²) in [5, 5.41) is 4.10. The molecule has 0 aliphatic heterocycles. The molecule has 142 valence electrons. The highest BCUT2D eigenvalue weighted by Gasteiger charge is 2.27. The zero-order valence-corrected chi connectivity index (χ0v) is 16.8. The third-order valence-electron chi connectivity index (χ3n) is 5.43. The third-order valence-corrected chi connectivity index (χ3v) is 5.68. The van der Waals surface area contributed by atoms with E-state index in [0.717, 1.165) is 22.8 Å². The topological polar surface area (TPSA) is 37.8 Å². The predicted molar refractivity (Wildman–Crippen MR) is 119 cm³/mol. The van der Waals surface area contributed by atoms with E-state index < -0.39 is 0 Å². The molecule has 0 bridgehead atoms. The van der Waals surface area contributed by atoms with Crippen LogP contribution in [-0.4, -0.2) is 9.97 Å². The van der Waals surface area contributed by atoms with E-state index in [4.69, 9.17) is 16.6 Å². The summed E-state index contributed by atoms with van der Waals surface area (Å²) in [6.07, 6.45) is 2.83. The van der Waals surface area contributed by atoms with Crippen molar-refractivity contribution in [1.82, 2.24) is 9.97 Å². The van der Waals surface area contributed by atoms with Gasteiger partial charge in [-0.1, -0.05) is 60.1 Å². The highest BCUT2D eigenvalue weighted by Crippen LogP contribution is 2.42. The molecule has 5 rings (SSSR count). The van der Waals surface area contributed by atoms with Crippen LogP contribution in [0.4, 0.5) is 11.6 Å². The molecule has 4 heteroatoms. The standard InChI is InChI=1S/C25H20ClN3/c1-16-5-4-6-20(13-16)28-25-27-15-18-14-23(17-9-11-19(26)12-10-17)21-7-2-3-8-22(21)24(18)29-25/h2-13,15,23H,14H2,1H3,(H,27,28,29). The lowest BCUT2D eigenvalue weighted by atomic mass is 9.78. The number of nitrogens with one attached hydrogen (secondary N) is 1. The summed E-state index contributed by atoms with van der Waals surface area (Å²) in [6, 6.07) is 24.9. The van der Waals surface area contributed by atoms with Gasteiger partial charge in [0.1, 0.15) is 0 Å². The number of aryl methyl sites for hydroxylation is 1. The summed E-state index contributed by atoms with van der Waals surface area (Å²) in [6.45, 7) is 2.08. The summed E-state index contributed by atoms with van der Waals surface area (Å²) < 4.78 is 0. The largest absolute Gasteiger partial charge is 0.324 e. The van der Waals surface area contributed by atoms with Crippen molar-refractivity contribution in [3.05, 3.63) is 106 Å². The lowest BCUT2D eigenvalue weighted by molar-refractivity contribution is 0.782. The number of nitrogens with zero attached hydrogens (tertiary/aromatic N) is 2. The highest BCUT2D eigenvalue weighted by molar-refractivity contribution is 6.30. The van der Waals surface area contributed by atoms with E-state index in [1.807, 2.05) is 30.5 Å². The van der Waals surface area contributed by atoms with E-state index in [1.165, 1.54) is 27.8 Å². The Balaban J connectivity index is 1.55. The first-order valence-electron chi connectivity index (χ1n) is 9.72. The SMILES string of the molecule is Cc1cccc(Nc2ncc3c(n2)-c2ccccc2C(c2ccc(Cl)cc2)C3)c1. The van der Waals surface area contributed by atoms with Gasteiger partial charge in [0.25, 0.3) is 0 Å². The lowest BCUT2D eigenvalue weighted by Crippen LogP contribution is -2.15. The molecule has 1 heterocycles. The van der Waals surface area contributed by atoms with Gasteiger partial charge < -0.3 is 5.32 Å². The van der Waals surface area contributed by atoms with Gasteiger partial charge in [0.2, 0.25) is 5.95 Å². The van der Waals surface area contributed by atoms with E-state index in [1.54, 1.807) is 0 Å². The Labute approximate surface area is 175 Å². The summed E-state index contributed by atoms with van der Waals surface area (Å²) in [7, 11) is 0. The maximum atomic E-state index is 6.10.